The van der Waals surface area contributed by atoms with Crippen LogP contribution in [0.3, 0.4) is 0 Å². The fourth-order valence-corrected chi connectivity index (χ4v) is 2.32. The third-order valence-electron chi connectivity index (χ3n) is 2.19. The second-order valence-corrected chi connectivity index (χ2v) is 4.90. The second-order valence-electron chi connectivity index (χ2n) is 3.52. The molecule has 1 aromatic heterocycles. The molecule has 0 atom stereocenters. The van der Waals surface area contributed by atoms with E-state index in [2.05, 4.69) is 20.3 Å². The number of nitrogens with one attached hydrogen (secondary N) is 1. The molecule has 0 fully saturated rings. The summed E-state index contributed by atoms with van der Waals surface area (Å²) in [5.41, 5.74) is 0. The minimum atomic E-state index is 0.182. The number of rotatable bonds is 5. The Kier molecular flexibility index (Phi) is 4.81. The van der Waals surface area contributed by atoms with Crippen LogP contribution in [0.4, 0.5) is 5.95 Å². The van der Waals surface area contributed by atoms with Crippen molar-refractivity contribution in [3.05, 3.63) is 29.5 Å². The van der Waals surface area contributed by atoms with Crippen LogP contribution in [0.15, 0.2) is 34.3 Å². The highest BCUT2D eigenvalue weighted by Gasteiger charge is 2.06. The van der Waals surface area contributed by atoms with E-state index in [4.69, 9.17) is 16.3 Å². The molecular formula is C12H13ClN4OS. The fourth-order valence-electron chi connectivity index (χ4n) is 1.36. The third-order valence-corrected chi connectivity index (χ3v) is 3.23. The fraction of sp³-hybridized carbons (Fsp3) is 0.250. The van der Waals surface area contributed by atoms with Crippen molar-refractivity contribution < 1.29 is 4.74 Å². The molecule has 0 aliphatic carbocycles. The molecule has 0 unspecified atom stereocenters. The van der Waals surface area contributed by atoms with Crippen molar-refractivity contribution in [3.8, 4) is 5.75 Å². The maximum atomic E-state index is 5.86. The van der Waals surface area contributed by atoms with E-state index in [1.807, 2.05) is 31.2 Å². The number of ether oxygens (including phenoxy) is 1. The quantitative estimate of drug-likeness (QED) is 0.915. The van der Waals surface area contributed by atoms with Gasteiger partial charge in [-0.15, -0.1) is 0 Å². The zero-order chi connectivity index (χ0) is 13.7. The Morgan fingerprint density at radius 3 is 2.58 bits per heavy atom. The van der Waals surface area contributed by atoms with Gasteiger partial charge in [-0.3, -0.25) is 0 Å². The Bertz CT molecular complexity index is 550. The van der Waals surface area contributed by atoms with Gasteiger partial charge in [-0.2, -0.15) is 15.0 Å². The molecule has 19 heavy (non-hydrogen) atoms. The highest BCUT2D eigenvalue weighted by Crippen LogP contribution is 2.27. The predicted molar refractivity (Wildman–Crippen MR) is 76.1 cm³/mol. The molecule has 2 aromatic rings. The van der Waals surface area contributed by atoms with Gasteiger partial charge in [0, 0.05) is 11.4 Å². The molecule has 7 heteroatoms. The van der Waals surface area contributed by atoms with Gasteiger partial charge >= 0.3 is 0 Å². The zero-order valence-corrected chi connectivity index (χ0v) is 12.1. The third kappa shape index (κ3) is 3.97. The van der Waals surface area contributed by atoms with Crippen LogP contribution in [0, 0.1) is 0 Å². The summed E-state index contributed by atoms with van der Waals surface area (Å²) in [6.45, 7) is 2.70. The van der Waals surface area contributed by atoms with Crippen molar-refractivity contribution in [3.63, 3.8) is 0 Å². The predicted octanol–water partition coefficient (Wildman–Crippen LogP) is 3.12. The van der Waals surface area contributed by atoms with Gasteiger partial charge in [0.05, 0.1) is 7.11 Å². The summed E-state index contributed by atoms with van der Waals surface area (Å²) in [4.78, 5) is 13.4. The van der Waals surface area contributed by atoms with E-state index >= 15 is 0 Å². The largest absolute Gasteiger partial charge is 0.497 e. The molecule has 0 aliphatic rings. The smallest absolute Gasteiger partial charge is 0.228 e. The van der Waals surface area contributed by atoms with E-state index in [9.17, 15) is 0 Å². The van der Waals surface area contributed by atoms with Crippen molar-refractivity contribution >= 4 is 29.3 Å². The molecule has 0 bridgehead atoms. The Hall–Kier alpha value is -1.53. The van der Waals surface area contributed by atoms with Crippen LogP contribution in [-0.2, 0) is 0 Å². The highest BCUT2D eigenvalue weighted by molar-refractivity contribution is 7.99. The summed E-state index contributed by atoms with van der Waals surface area (Å²) in [5, 5.41) is 3.75. The van der Waals surface area contributed by atoms with E-state index in [0.29, 0.717) is 11.1 Å². The molecule has 0 aliphatic heterocycles. The minimum Gasteiger partial charge on any atom is -0.497 e. The van der Waals surface area contributed by atoms with Gasteiger partial charge in [0.25, 0.3) is 0 Å². The standard InChI is InChI=1S/C12H13ClN4OS/c1-3-14-11-15-10(13)16-12(17-11)19-9-6-4-8(18-2)5-7-9/h4-7H,3H2,1-2H3,(H,14,15,16,17). The molecule has 0 radical (unpaired) electrons. The summed E-state index contributed by atoms with van der Waals surface area (Å²) in [5.74, 6) is 1.30. The molecule has 0 saturated heterocycles. The van der Waals surface area contributed by atoms with Gasteiger partial charge in [-0.1, -0.05) is 0 Å². The van der Waals surface area contributed by atoms with Gasteiger partial charge in [0.1, 0.15) is 5.75 Å². The van der Waals surface area contributed by atoms with Crippen molar-refractivity contribution in [2.24, 2.45) is 0 Å². The number of aromatic nitrogens is 3. The first-order valence-electron chi connectivity index (χ1n) is 5.68. The maximum absolute atomic E-state index is 5.86. The van der Waals surface area contributed by atoms with Gasteiger partial charge < -0.3 is 10.1 Å². The Morgan fingerprint density at radius 2 is 1.95 bits per heavy atom. The number of hydrogen-bond donors (Lipinski definition) is 1. The first-order valence-corrected chi connectivity index (χ1v) is 6.88. The number of methoxy groups -OCH3 is 1. The van der Waals surface area contributed by atoms with Crippen LogP contribution < -0.4 is 10.1 Å². The Morgan fingerprint density at radius 1 is 1.21 bits per heavy atom. The lowest BCUT2D eigenvalue weighted by Gasteiger charge is -2.05. The first kappa shape index (κ1) is 13.9. The number of hydrogen-bond acceptors (Lipinski definition) is 6. The summed E-state index contributed by atoms with van der Waals surface area (Å²) >= 11 is 7.28. The van der Waals surface area contributed by atoms with E-state index in [-0.39, 0.29) is 5.28 Å². The van der Waals surface area contributed by atoms with Crippen LogP contribution in [-0.4, -0.2) is 28.6 Å². The topological polar surface area (TPSA) is 59.9 Å². The molecule has 5 nitrogen and oxygen atoms in total. The normalized spacial score (nSPS) is 10.3. The number of anilines is 1. The summed E-state index contributed by atoms with van der Waals surface area (Å²) in [7, 11) is 1.64. The molecule has 100 valence electrons. The van der Waals surface area contributed by atoms with Crippen LogP contribution in [0.1, 0.15) is 6.92 Å². The molecule has 0 spiro atoms. The van der Waals surface area contributed by atoms with Crippen LogP contribution in [0.25, 0.3) is 0 Å². The van der Waals surface area contributed by atoms with E-state index < -0.39 is 0 Å². The lowest BCUT2D eigenvalue weighted by Crippen LogP contribution is -2.04. The molecule has 2 rings (SSSR count). The highest BCUT2D eigenvalue weighted by atomic mass is 35.5. The van der Waals surface area contributed by atoms with E-state index in [1.165, 1.54) is 11.8 Å². The van der Waals surface area contributed by atoms with Crippen LogP contribution in [0.5, 0.6) is 5.75 Å². The van der Waals surface area contributed by atoms with Gasteiger partial charge in [-0.25, -0.2) is 0 Å². The molecular weight excluding hydrogens is 284 g/mol. The van der Waals surface area contributed by atoms with E-state index in [1.54, 1.807) is 7.11 Å². The second kappa shape index (κ2) is 6.58. The number of halogens is 1. The zero-order valence-electron chi connectivity index (χ0n) is 10.6. The van der Waals surface area contributed by atoms with E-state index in [0.717, 1.165) is 17.2 Å². The first-order chi connectivity index (χ1) is 9.21. The molecule has 0 saturated carbocycles. The number of benzene rings is 1. The summed E-state index contributed by atoms with van der Waals surface area (Å²) < 4.78 is 5.11. The lowest BCUT2D eigenvalue weighted by atomic mass is 10.3. The Labute approximate surface area is 120 Å². The van der Waals surface area contributed by atoms with Gasteiger partial charge in [-0.05, 0) is 54.6 Å². The van der Waals surface area contributed by atoms with Crippen LogP contribution in [0.2, 0.25) is 5.28 Å². The number of nitrogens with zero attached hydrogens (tertiary/aromatic N) is 3. The van der Waals surface area contributed by atoms with Crippen molar-refractivity contribution in [1.29, 1.82) is 0 Å². The average Bonchev–Trinajstić information content (AvgIpc) is 2.39. The average molecular weight is 297 g/mol. The van der Waals surface area contributed by atoms with Crippen LogP contribution >= 0.6 is 23.4 Å². The lowest BCUT2D eigenvalue weighted by molar-refractivity contribution is 0.414. The molecule has 1 heterocycles. The van der Waals surface area contributed by atoms with Crippen molar-refractivity contribution in [2.45, 2.75) is 17.0 Å². The molecule has 0 amide bonds. The van der Waals surface area contributed by atoms with Crippen molar-refractivity contribution in [2.75, 3.05) is 19.0 Å². The Balaban J connectivity index is 2.17. The van der Waals surface area contributed by atoms with Gasteiger partial charge in [0.15, 0.2) is 5.16 Å². The van der Waals surface area contributed by atoms with Gasteiger partial charge in [0.2, 0.25) is 11.2 Å². The SMILES string of the molecule is CCNc1nc(Cl)nc(Sc2ccc(OC)cc2)n1. The van der Waals surface area contributed by atoms with Crippen molar-refractivity contribution in [1.82, 2.24) is 15.0 Å². The summed E-state index contributed by atoms with van der Waals surface area (Å²) in [6, 6.07) is 7.65. The monoisotopic (exact) mass is 296 g/mol. The summed E-state index contributed by atoms with van der Waals surface area (Å²) in [6.07, 6.45) is 0. The molecule has 1 aromatic carbocycles. The molecule has 1 N–H and O–H groups in total. The minimum absolute atomic E-state index is 0.182. The maximum Gasteiger partial charge on any atom is 0.228 e.